The lowest BCUT2D eigenvalue weighted by Gasteiger charge is -2.10. The zero-order valence-corrected chi connectivity index (χ0v) is 16.3. The number of nitrogens with one attached hydrogen (secondary N) is 1. The highest BCUT2D eigenvalue weighted by atomic mass is 16.5. The van der Waals surface area contributed by atoms with Gasteiger partial charge < -0.3 is 14.5 Å². The number of esters is 1. The fourth-order valence-corrected chi connectivity index (χ4v) is 3.30. The number of carbonyl (C=O) groups is 3. The molecule has 3 amide bonds. The number of imide groups is 1. The van der Waals surface area contributed by atoms with Crippen LogP contribution in [-0.4, -0.2) is 25.0 Å². The second kappa shape index (κ2) is 7.71. The van der Waals surface area contributed by atoms with Crippen LogP contribution >= 0.6 is 0 Å². The van der Waals surface area contributed by atoms with E-state index in [1.54, 1.807) is 61.5 Å². The van der Waals surface area contributed by atoms with Crippen molar-refractivity contribution in [2.24, 2.45) is 0 Å². The number of methoxy groups -OCH3 is 1. The highest BCUT2D eigenvalue weighted by Gasteiger charge is 2.35. The third kappa shape index (κ3) is 3.37. The predicted octanol–water partition coefficient (Wildman–Crippen LogP) is 4.14. The van der Waals surface area contributed by atoms with Crippen molar-refractivity contribution < 1.29 is 23.5 Å². The van der Waals surface area contributed by atoms with Crippen molar-refractivity contribution >= 4 is 29.7 Å². The number of rotatable bonds is 4. The van der Waals surface area contributed by atoms with Crippen molar-refractivity contribution in [1.82, 2.24) is 5.32 Å². The Hall–Kier alpha value is -4.13. The number of hydrogen-bond acceptors (Lipinski definition) is 5. The second-order valence-corrected chi connectivity index (χ2v) is 6.64. The summed E-state index contributed by atoms with van der Waals surface area (Å²) in [4.78, 5) is 37.9. The standard InChI is InChI=1S/C23H18N2O5/c1-14-17(9-6-10-18(14)22(27)29-2)20-12-11-16(30-20)13-19-21(26)25(23(28)24-19)15-7-4-3-5-8-15/h3-13H,1-2H3,(H,24,28)/b19-13+. The van der Waals surface area contributed by atoms with Crippen LogP contribution in [0.4, 0.5) is 10.5 Å². The van der Waals surface area contributed by atoms with Crippen LogP contribution < -0.4 is 10.2 Å². The molecular formula is C23H18N2O5. The molecule has 3 aromatic rings. The maximum Gasteiger partial charge on any atom is 0.338 e. The van der Waals surface area contributed by atoms with Gasteiger partial charge >= 0.3 is 12.0 Å². The van der Waals surface area contributed by atoms with Crippen molar-refractivity contribution in [3.05, 3.63) is 83.2 Å². The van der Waals surface area contributed by atoms with E-state index in [1.807, 2.05) is 6.07 Å². The Balaban J connectivity index is 1.63. The molecule has 7 heteroatoms. The van der Waals surface area contributed by atoms with E-state index in [1.165, 1.54) is 13.2 Å². The Morgan fingerprint density at radius 2 is 1.80 bits per heavy atom. The van der Waals surface area contributed by atoms with Crippen molar-refractivity contribution in [3.63, 3.8) is 0 Å². The summed E-state index contributed by atoms with van der Waals surface area (Å²) in [5.41, 5.74) is 2.50. The first-order chi connectivity index (χ1) is 14.5. The molecule has 0 radical (unpaired) electrons. The van der Waals surface area contributed by atoms with E-state index < -0.39 is 17.9 Å². The summed E-state index contributed by atoms with van der Waals surface area (Å²) in [7, 11) is 1.33. The molecule has 150 valence electrons. The number of hydrogen-bond donors (Lipinski definition) is 1. The molecule has 1 aromatic heterocycles. The minimum absolute atomic E-state index is 0.116. The van der Waals surface area contributed by atoms with Gasteiger partial charge in [0.2, 0.25) is 0 Å². The molecular weight excluding hydrogens is 384 g/mol. The van der Waals surface area contributed by atoms with Gasteiger partial charge in [-0.2, -0.15) is 0 Å². The minimum Gasteiger partial charge on any atom is -0.465 e. The summed E-state index contributed by atoms with van der Waals surface area (Å²) in [6.45, 7) is 1.81. The maximum absolute atomic E-state index is 12.7. The first-order valence-corrected chi connectivity index (χ1v) is 9.20. The van der Waals surface area contributed by atoms with Gasteiger partial charge in [-0.3, -0.25) is 4.79 Å². The SMILES string of the molecule is COC(=O)c1cccc(-c2ccc(/C=C3/NC(=O)N(c4ccccc4)C3=O)o2)c1C. The van der Waals surface area contributed by atoms with Crippen LogP contribution in [0.25, 0.3) is 17.4 Å². The summed E-state index contributed by atoms with van der Waals surface area (Å²) in [5, 5.41) is 2.57. The number of urea groups is 1. The predicted molar refractivity (Wildman–Crippen MR) is 111 cm³/mol. The molecule has 0 unspecified atom stereocenters. The quantitative estimate of drug-likeness (QED) is 0.403. The Labute approximate surface area is 172 Å². The van der Waals surface area contributed by atoms with Crippen molar-refractivity contribution in [2.75, 3.05) is 12.0 Å². The summed E-state index contributed by atoms with van der Waals surface area (Å²) in [5.74, 6) is 0.0322. The lowest BCUT2D eigenvalue weighted by atomic mass is 10.0. The van der Waals surface area contributed by atoms with Gasteiger partial charge in [0.25, 0.3) is 5.91 Å². The molecule has 1 N–H and O–H groups in total. The Morgan fingerprint density at radius 1 is 1.03 bits per heavy atom. The van der Waals surface area contributed by atoms with Gasteiger partial charge in [0, 0.05) is 11.6 Å². The zero-order valence-electron chi connectivity index (χ0n) is 16.3. The van der Waals surface area contributed by atoms with Gasteiger partial charge in [-0.05, 0) is 42.8 Å². The zero-order chi connectivity index (χ0) is 21.3. The molecule has 4 rings (SSSR count). The van der Waals surface area contributed by atoms with Gasteiger partial charge in [0.05, 0.1) is 18.4 Å². The first-order valence-electron chi connectivity index (χ1n) is 9.20. The molecule has 30 heavy (non-hydrogen) atoms. The van der Waals surface area contributed by atoms with E-state index in [2.05, 4.69) is 5.32 Å². The van der Waals surface area contributed by atoms with E-state index >= 15 is 0 Å². The fourth-order valence-electron chi connectivity index (χ4n) is 3.30. The van der Waals surface area contributed by atoms with E-state index in [0.717, 1.165) is 16.0 Å². The van der Waals surface area contributed by atoms with Crippen LogP contribution in [0.3, 0.4) is 0 Å². The van der Waals surface area contributed by atoms with Gasteiger partial charge in [-0.1, -0.05) is 30.3 Å². The van der Waals surface area contributed by atoms with Gasteiger partial charge in [0.15, 0.2) is 0 Å². The largest absolute Gasteiger partial charge is 0.465 e. The van der Waals surface area contributed by atoms with Crippen LogP contribution in [0, 0.1) is 6.92 Å². The molecule has 0 bridgehead atoms. The van der Waals surface area contributed by atoms with E-state index in [-0.39, 0.29) is 5.70 Å². The smallest absolute Gasteiger partial charge is 0.338 e. The average Bonchev–Trinajstić information content (AvgIpc) is 3.32. The molecule has 0 atom stereocenters. The van der Waals surface area contributed by atoms with Crippen molar-refractivity contribution in [2.45, 2.75) is 6.92 Å². The van der Waals surface area contributed by atoms with Crippen LogP contribution in [0.1, 0.15) is 21.7 Å². The molecule has 2 heterocycles. The van der Waals surface area contributed by atoms with Gasteiger partial charge in [-0.25, -0.2) is 14.5 Å². The fraction of sp³-hybridized carbons (Fsp3) is 0.0870. The number of nitrogens with zero attached hydrogens (tertiary/aromatic N) is 1. The van der Waals surface area contributed by atoms with Gasteiger partial charge in [-0.15, -0.1) is 0 Å². The highest BCUT2D eigenvalue weighted by Crippen LogP contribution is 2.29. The van der Waals surface area contributed by atoms with Crippen molar-refractivity contribution in [3.8, 4) is 11.3 Å². The van der Waals surface area contributed by atoms with Crippen molar-refractivity contribution in [1.29, 1.82) is 0 Å². The number of ether oxygens (including phenoxy) is 1. The molecule has 1 aliphatic rings. The van der Waals surface area contributed by atoms with Crippen LogP contribution in [0.5, 0.6) is 0 Å². The molecule has 1 fully saturated rings. The normalized spacial score (nSPS) is 14.9. The van der Waals surface area contributed by atoms with Gasteiger partial charge in [0.1, 0.15) is 17.2 Å². The number of furan rings is 1. The molecule has 7 nitrogen and oxygen atoms in total. The molecule has 2 aromatic carbocycles. The number of anilines is 1. The highest BCUT2D eigenvalue weighted by molar-refractivity contribution is 6.28. The van der Waals surface area contributed by atoms with E-state index in [0.29, 0.717) is 22.8 Å². The summed E-state index contributed by atoms with van der Waals surface area (Å²) < 4.78 is 10.7. The van der Waals surface area contributed by atoms with E-state index in [9.17, 15) is 14.4 Å². The summed E-state index contributed by atoms with van der Waals surface area (Å²) >= 11 is 0. The topological polar surface area (TPSA) is 88.9 Å². The molecule has 0 spiro atoms. The number of carbonyl (C=O) groups excluding carboxylic acids is 3. The Morgan fingerprint density at radius 3 is 2.53 bits per heavy atom. The molecule has 1 saturated heterocycles. The molecule has 0 saturated carbocycles. The van der Waals surface area contributed by atoms with E-state index in [4.69, 9.17) is 9.15 Å². The summed E-state index contributed by atoms with van der Waals surface area (Å²) in [6, 6.07) is 16.8. The molecule has 0 aliphatic carbocycles. The molecule has 1 aliphatic heterocycles. The second-order valence-electron chi connectivity index (χ2n) is 6.64. The monoisotopic (exact) mass is 402 g/mol. The summed E-state index contributed by atoms with van der Waals surface area (Å²) in [6.07, 6.45) is 1.48. The minimum atomic E-state index is -0.522. The third-order valence-corrected chi connectivity index (χ3v) is 4.81. The Kier molecular flexibility index (Phi) is 4.93. The number of benzene rings is 2. The Bertz CT molecular complexity index is 1180. The van der Waals surface area contributed by atoms with Crippen LogP contribution in [0.2, 0.25) is 0 Å². The lowest BCUT2D eigenvalue weighted by Crippen LogP contribution is -2.30. The maximum atomic E-state index is 12.7. The average molecular weight is 402 g/mol. The number of amides is 3. The van der Waals surface area contributed by atoms with Crippen LogP contribution in [-0.2, 0) is 9.53 Å². The third-order valence-electron chi connectivity index (χ3n) is 4.81. The first kappa shape index (κ1) is 19.2. The number of para-hydroxylation sites is 1. The lowest BCUT2D eigenvalue weighted by molar-refractivity contribution is -0.113. The van der Waals surface area contributed by atoms with Crippen LogP contribution in [0.15, 0.2) is 70.8 Å².